The molecule has 0 saturated carbocycles. The zero-order chi connectivity index (χ0) is 6.95. The molecule has 0 spiro atoms. The van der Waals surface area contributed by atoms with Crippen LogP contribution < -0.4 is 0 Å². The molecule has 0 aromatic carbocycles. The summed E-state index contributed by atoms with van der Waals surface area (Å²) in [5, 5.41) is 0. The molecule has 0 aliphatic rings. The highest BCUT2D eigenvalue weighted by Gasteiger charge is 1.85. The van der Waals surface area contributed by atoms with Crippen molar-refractivity contribution in [3.8, 4) is 0 Å². The minimum Gasteiger partial charge on any atom is -0.151 e. The van der Waals surface area contributed by atoms with Gasteiger partial charge < -0.3 is 0 Å². The lowest BCUT2D eigenvalue weighted by molar-refractivity contribution is 0.624. The van der Waals surface area contributed by atoms with E-state index in [1.165, 1.54) is 64.8 Å². The first-order valence-electron chi connectivity index (χ1n) is 4.41. The Morgan fingerprint density at radius 2 is 1.44 bits per heavy atom. The third kappa shape index (κ3) is 8.77. The van der Waals surface area contributed by atoms with E-state index in [1.54, 1.807) is 0 Å². The van der Waals surface area contributed by atoms with E-state index < -0.39 is 0 Å². The van der Waals surface area contributed by atoms with Crippen LogP contribution in [-0.2, 0) is 0 Å². The van der Waals surface area contributed by atoms with Gasteiger partial charge in [-0.1, -0.05) is 45.4 Å². The molecule has 1 heteroatoms. The molecule has 0 unspecified atom stereocenters. The minimum atomic E-state index is 1.38. The fourth-order valence-corrected chi connectivity index (χ4v) is 1.53. The van der Waals surface area contributed by atoms with E-state index in [0.717, 1.165) is 0 Å². The average molecular weight is 139 g/mol. The smallest absolute Gasteiger partial charge is 0.151 e. The average Bonchev–Trinajstić information content (AvgIpc) is 1.89. The summed E-state index contributed by atoms with van der Waals surface area (Å²) >= 11 is 1.41. The summed E-state index contributed by atoms with van der Waals surface area (Å²) in [6, 6.07) is 0. The molecular weight excluding hydrogens is 120 g/mol. The quantitative estimate of drug-likeness (QED) is 0.391. The minimum absolute atomic E-state index is 1.38. The van der Waals surface area contributed by atoms with Gasteiger partial charge >= 0.3 is 21.7 Å². The molecule has 0 aromatic heterocycles. The van der Waals surface area contributed by atoms with Crippen molar-refractivity contribution in [3.63, 3.8) is 0 Å². The summed E-state index contributed by atoms with van der Waals surface area (Å²) in [6.45, 7) is 2.27. The van der Waals surface area contributed by atoms with Crippen LogP contribution in [0.25, 0.3) is 0 Å². The van der Waals surface area contributed by atoms with Crippen molar-refractivity contribution in [2.75, 3.05) is 0 Å². The first-order valence-corrected chi connectivity index (χ1v) is 5.83. The Kier molecular flexibility index (Phi) is 9.51. The van der Waals surface area contributed by atoms with Crippen molar-refractivity contribution in [1.82, 2.24) is 0 Å². The monoisotopic (exact) mass is 138 g/mol. The standard InChI is InChI=1S/C8H17.Mg.H/c1-3-5-7-8-6-4-2;;/h1,3-8H2,2H3;;. The third-order valence-corrected chi connectivity index (χ3v) is 2.41. The van der Waals surface area contributed by atoms with E-state index >= 15 is 0 Å². The number of unbranched alkanes of at least 4 members (excludes halogenated alkanes) is 5. The van der Waals surface area contributed by atoms with Crippen molar-refractivity contribution in [3.05, 3.63) is 0 Å². The third-order valence-electron chi connectivity index (χ3n) is 1.71. The van der Waals surface area contributed by atoms with Gasteiger partial charge in [-0.2, -0.15) is 4.55 Å². The highest BCUT2D eigenvalue weighted by Crippen LogP contribution is 2.05. The van der Waals surface area contributed by atoms with Crippen molar-refractivity contribution in [2.45, 2.75) is 50.0 Å². The lowest BCUT2D eigenvalue weighted by Gasteiger charge is -1.96. The fraction of sp³-hybridized carbons (Fsp3) is 1.00. The van der Waals surface area contributed by atoms with Crippen LogP contribution in [0.15, 0.2) is 0 Å². The highest BCUT2D eigenvalue weighted by atomic mass is 24.4. The Morgan fingerprint density at radius 3 is 2.00 bits per heavy atom. The van der Waals surface area contributed by atoms with Gasteiger partial charge in [-0.3, -0.25) is 0 Å². The molecule has 0 amide bonds. The van der Waals surface area contributed by atoms with Crippen molar-refractivity contribution < 1.29 is 0 Å². The van der Waals surface area contributed by atoms with Crippen LogP contribution in [0, 0.1) is 0 Å². The summed E-state index contributed by atoms with van der Waals surface area (Å²) in [6.07, 6.45) is 8.76. The molecule has 0 bridgehead atoms. The molecular formula is C8H18Mg. The Balaban J connectivity index is 2.60. The molecule has 0 saturated heterocycles. The van der Waals surface area contributed by atoms with Gasteiger partial charge in [-0.05, 0) is 0 Å². The van der Waals surface area contributed by atoms with Crippen LogP contribution in [0.1, 0.15) is 45.4 Å². The van der Waals surface area contributed by atoms with E-state index in [9.17, 15) is 0 Å². The maximum Gasteiger partial charge on any atom is 0.340 e. The Bertz CT molecular complexity index is 37.8. The fourth-order valence-electron chi connectivity index (χ4n) is 1.03. The SMILES string of the molecule is CCCCCCC[CH2][MgH]. The van der Waals surface area contributed by atoms with Gasteiger partial charge in [-0.25, -0.2) is 0 Å². The second-order valence-corrected chi connectivity index (χ2v) is 3.77. The molecule has 9 heavy (non-hydrogen) atoms. The maximum atomic E-state index is 2.27. The van der Waals surface area contributed by atoms with Crippen LogP contribution in [0.2, 0.25) is 4.55 Å². The molecule has 0 aromatic rings. The summed E-state index contributed by atoms with van der Waals surface area (Å²) in [5.74, 6) is 0. The normalized spacial score (nSPS) is 9.78. The molecule has 0 aliphatic carbocycles. The second kappa shape index (κ2) is 8.77. The van der Waals surface area contributed by atoms with Crippen molar-refractivity contribution in [1.29, 1.82) is 0 Å². The molecule has 0 heterocycles. The molecule has 0 nitrogen and oxygen atoms in total. The number of hydrogen-bond acceptors (Lipinski definition) is 0. The van der Waals surface area contributed by atoms with Gasteiger partial charge in [0, 0.05) is 0 Å². The molecule has 0 rings (SSSR count). The van der Waals surface area contributed by atoms with Crippen LogP contribution in [0.4, 0.5) is 0 Å². The van der Waals surface area contributed by atoms with Crippen molar-refractivity contribution in [2.24, 2.45) is 0 Å². The van der Waals surface area contributed by atoms with E-state index in [1.807, 2.05) is 0 Å². The van der Waals surface area contributed by atoms with Gasteiger partial charge in [0.25, 0.3) is 0 Å². The molecule has 0 fully saturated rings. The molecule has 0 atom stereocenters. The predicted molar refractivity (Wildman–Crippen MR) is 45.3 cm³/mol. The predicted octanol–water partition coefficient (Wildman–Crippen LogP) is 2.67. The van der Waals surface area contributed by atoms with Gasteiger partial charge in [0.05, 0.1) is 0 Å². The zero-order valence-electron chi connectivity index (χ0n) is 6.95. The first-order chi connectivity index (χ1) is 4.41. The van der Waals surface area contributed by atoms with E-state index in [0.29, 0.717) is 0 Å². The number of rotatable bonds is 6. The highest BCUT2D eigenvalue weighted by molar-refractivity contribution is 6.08. The van der Waals surface area contributed by atoms with Gasteiger partial charge in [0.15, 0.2) is 0 Å². The lowest BCUT2D eigenvalue weighted by Crippen LogP contribution is -1.77. The van der Waals surface area contributed by atoms with Crippen LogP contribution in [0.5, 0.6) is 0 Å². The second-order valence-electron chi connectivity index (χ2n) is 2.77. The molecule has 0 N–H and O–H groups in total. The van der Waals surface area contributed by atoms with E-state index in [4.69, 9.17) is 0 Å². The van der Waals surface area contributed by atoms with E-state index in [2.05, 4.69) is 6.92 Å². The Morgan fingerprint density at radius 1 is 0.889 bits per heavy atom. The summed E-state index contributed by atoms with van der Waals surface area (Å²) in [4.78, 5) is 0. The lowest BCUT2D eigenvalue weighted by atomic mass is 10.1. The van der Waals surface area contributed by atoms with Crippen LogP contribution >= 0.6 is 0 Å². The Hall–Kier alpha value is 0.766. The molecule has 52 valence electrons. The van der Waals surface area contributed by atoms with Crippen molar-refractivity contribution >= 4 is 21.7 Å². The van der Waals surface area contributed by atoms with Crippen LogP contribution in [-0.4, -0.2) is 21.7 Å². The zero-order valence-corrected chi connectivity index (χ0v) is 8.95. The summed E-state index contributed by atoms with van der Waals surface area (Å²) < 4.78 is 1.51. The Labute approximate surface area is 71.8 Å². The molecule has 0 aliphatic heterocycles. The summed E-state index contributed by atoms with van der Waals surface area (Å²) in [7, 11) is 0. The van der Waals surface area contributed by atoms with E-state index in [-0.39, 0.29) is 0 Å². The molecule has 0 radical (unpaired) electrons. The topological polar surface area (TPSA) is 0 Å². The maximum absolute atomic E-state index is 2.27. The summed E-state index contributed by atoms with van der Waals surface area (Å²) in [5.41, 5.74) is 0. The van der Waals surface area contributed by atoms with Gasteiger partial charge in [0.2, 0.25) is 0 Å². The largest absolute Gasteiger partial charge is 0.340 e. The first kappa shape index (κ1) is 9.77. The number of hydrogen-bond donors (Lipinski definition) is 0. The van der Waals surface area contributed by atoms with Gasteiger partial charge in [0.1, 0.15) is 0 Å². The van der Waals surface area contributed by atoms with Gasteiger partial charge in [-0.15, -0.1) is 0 Å². The van der Waals surface area contributed by atoms with Crippen LogP contribution in [0.3, 0.4) is 0 Å².